The molecule has 1 aromatic rings. The molecule has 1 aromatic carbocycles. The molecule has 1 saturated heterocycles. The minimum Gasteiger partial charge on any atom is -0.493 e. The first-order valence-corrected chi connectivity index (χ1v) is 6.41. The molecular weight excluding hydrogens is 268 g/mol. The van der Waals surface area contributed by atoms with Gasteiger partial charge in [0.15, 0.2) is 11.6 Å². The quantitative estimate of drug-likeness (QED) is 0.892. The van der Waals surface area contributed by atoms with E-state index < -0.39 is 23.9 Å². The molecule has 4 nitrogen and oxygen atoms in total. The third-order valence-electron chi connectivity index (χ3n) is 3.61. The number of carboxylic acid groups (broad SMARTS) is 1. The Bertz CT molecular complexity index is 519. The Morgan fingerprint density at radius 3 is 2.75 bits per heavy atom. The van der Waals surface area contributed by atoms with Gasteiger partial charge in [0.25, 0.3) is 0 Å². The van der Waals surface area contributed by atoms with Crippen molar-refractivity contribution >= 4 is 5.97 Å². The first kappa shape index (κ1) is 14.7. The highest BCUT2D eigenvalue weighted by atomic mass is 19.1. The normalized spacial score (nSPS) is 23.6. The van der Waals surface area contributed by atoms with Crippen molar-refractivity contribution in [3.8, 4) is 5.75 Å². The summed E-state index contributed by atoms with van der Waals surface area (Å²) < 4.78 is 32.4. The molecule has 0 saturated carbocycles. The van der Waals surface area contributed by atoms with Gasteiger partial charge in [-0.1, -0.05) is 0 Å². The second-order valence-corrected chi connectivity index (χ2v) is 4.97. The van der Waals surface area contributed by atoms with Crippen LogP contribution in [0, 0.1) is 11.7 Å². The summed E-state index contributed by atoms with van der Waals surface area (Å²) in [5.41, 5.74) is 0.689. The van der Waals surface area contributed by atoms with Crippen LogP contribution >= 0.6 is 0 Å². The number of halogens is 2. The Morgan fingerprint density at radius 2 is 2.25 bits per heavy atom. The van der Waals surface area contributed by atoms with Gasteiger partial charge in [-0.3, -0.25) is 4.79 Å². The Balaban J connectivity index is 2.37. The number of aliphatic carboxylic acids is 1. The summed E-state index contributed by atoms with van der Waals surface area (Å²) in [6.07, 6.45) is -0.972. The van der Waals surface area contributed by atoms with Crippen molar-refractivity contribution in [1.29, 1.82) is 0 Å². The van der Waals surface area contributed by atoms with E-state index in [0.29, 0.717) is 18.5 Å². The molecule has 1 fully saturated rings. The van der Waals surface area contributed by atoms with E-state index >= 15 is 0 Å². The van der Waals surface area contributed by atoms with Crippen LogP contribution in [0.25, 0.3) is 0 Å². The first-order chi connectivity index (χ1) is 9.43. The van der Waals surface area contributed by atoms with Crippen LogP contribution in [0.5, 0.6) is 5.75 Å². The van der Waals surface area contributed by atoms with Crippen molar-refractivity contribution < 1.29 is 23.4 Å². The van der Waals surface area contributed by atoms with Gasteiger partial charge >= 0.3 is 5.97 Å². The van der Waals surface area contributed by atoms with Gasteiger partial charge in [0, 0.05) is 18.2 Å². The molecule has 2 N–H and O–H groups in total. The highest BCUT2D eigenvalue weighted by Crippen LogP contribution is 2.37. The Morgan fingerprint density at radius 1 is 1.55 bits per heavy atom. The molecule has 3 atom stereocenters. The molecule has 3 unspecified atom stereocenters. The standard InChI is InChI=1S/C14H17F2NO3/c1-7(15)8-3-10(13(20-2)11(16)4-8)12-5-9(6-17-12)14(18)19/h3-4,7,9,12,17H,5-6H2,1-2H3,(H,18,19). The molecular formula is C14H17F2NO3. The van der Waals surface area contributed by atoms with E-state index in [9.17, 15) is 13.6 Å². The minimum absolute atomic E-state index is 0.0398. The van der Waals surface area contributed by atoms with Crippen LogP contribution in [0.4, 0.5) is 8.78 Å². The average Bonchev–Trinajstić information content (AvgIpc) is 2.87. The molecule has 6 heteroatoms. The number of ether oxygens (including phenoxy) is 1. The topological polar surface area (TPSA) is 58.6 Å². The zero-order valence-corrected chi connectivity index (χ0v) is 11.3. The van der Waals surface area contributed by atoms with Gasteiger partial charge in [0.1, 0.15) is 6.17 Å². The molecule has 2 rings (SSSR count). The minimum atomic E-state index is -1.30. The number of rotatable bonds is 4. The summed E-state index contributed by atoms with van der Waals surface area (Å²) in [6, 6.07) is 2.30. The van der Waals surface area contributed by atoms with E-state index in [4.69, 9.17) is 9.84 Å². The number of hydrogen-bond acceptors (Lipinski definition) is 3. The lowest BCUT2D eigenvalue weighted by Crippen LogP contribution is -2.17. The van der Waals surface area contributed by atoms with Crippen molar-refractivity contribution in [3.63, 3.8) is 0 Å². The summed E-state index contributed by atoms with van der Waals surface area (Å²) in [4.78, 5) is 11.0. The lowest BCUT2D eigenvalue weighted by molar-refractivity contribution is -0.141. The maximum atomic E-state index is 13.9. The predicted octanol–water partition coefficient (Wildman–Crippen LogP) is 2.60. The van der Waals surface area contributed by atoms with Gasteiger partial charge in [-0.15, -0.1) is 0 Å². The van der Waals surface area contributed by atoms with Crippen molar-refractivity contribution in [1.82, 2.24) is 5.32 Å². The third kappa shape index (κ3) is 2.75. The monoisotopic (exact) mass is 285 g/mol. The van der Waals surface area contributed by atoms with Gasteiger partial charge < -0.3 is 15.2 Å². The van der Waals surface area contributed by atoms with E-state index in [2.05, 4.69) is 5.32 Å². The molecule has 110 valence electrons. The first-order valence-electron chi connectivity index (χ1n) is 6.41. The van der Waals surface area contributed by atoms with E-state index in [0.717, 1.165) is 6.07 Å². The molecule has 0 aromatic heterocycles. The number of carboxylic acids is 1. The van der Waals surface area contributed by atoms with Crippen LogP contribution < -0.4 is 10.1 Å². The van der Waals surface area contributed by atoms with Gasteiger partial charge in [0.05, 0.1) is 13.0 Å². The fourth-order valence-corrected chi connectivity index (χ4v) is 2.50. The second kappa shape index (κ2) is 5.75. The van der Waals surface area contributed by atoms with E-state index in [1.54, 1.807) is 0 Å². The summed E-state index contributed by atoms with van der Waals surface area (Å²) in [7, 11) is 1.34. The van der Waals surface area contributed by atoms with Crippen molar-refractivity contribution in [3.05, 3.63) is 29.1 Å². The Labute approximate surface area is 115 Å². The number of alkyl halides is 1. The van der Waals surface area contributed by atoms with E-state index in [-0.39, 0.29) is 17.4 Å². The molecule has 0 bridgehead atoms. The molecule has 1 heterocycles. The summed E-state index contributed by atoms with van der Waals surface area (Å²) in [5, 5.41) is 12.0. The fourth-order valence-electron chi connectivity index (χ4n) is 2.50. The fraction of sp³-hybridized carbons (Fsp3) is 0.500. The number of nitrogens with one attached hydrogen (secondary N) is 1. The lowest BCUT2D eigenvalue weighted by atomic mass is 9.96. The molecule has 0 amide bonds. The zero-order valence-electron chi connectivity index (χ0n) is 11.3. The average molecular weight is 285 g/mol. The SMILES string of the molecule is COc1c(F)cc(C(C)F)cc1C1CC(C(=O)O)CN1. The van der Waals surface area contributed by atoms with Crippen LogP contribution in [0.2, 0.25) is 0 Å². The molecule has 1 aliphatic rings. The molecule has 0 aliphatic carbocycles. The highest BCUT2D eigenvalue weighted by molar-refractivity contribution is 5.71. The number of methoxy groups -OCH3 is 1. The van der Waals surface area contributed by atoms with Crippen LogP contribution in [0.15, 0.2) is 12.1 Å². The number of carbonyl (C=O) groups is 1. The maximum absolute atomic E-state index is 13.9. The summed E-state index contributed by atoms with van der Waals surface area (Å²) in [5.74, 6) is -2.02. The zero-order chi connectivity index (χ0) is 14.9. The van der Waals surface area contributed by atoms with E-state index in [1.165, 1.54) is 20.1 Å². The van der Waals surface area contributed by atoms with Crippen LogP contribution in [0.3, 0.4) is 0 Å². The molecule has 0 radical (unpaired) electrons. The number of benzene rings is 1. The van der Waals surface area contributed by atoms with Crippen LogP contribution in [-0.2, 0) is 4.79 Å². The Hall–Kier alpha value is -1.69. The summed E-state index contributed by atoms with van der Waals surface area (Å²) >= 11 is 0. The third-order valence-corrected chi connectivity index (χ3v) is 3.61. The van der Waals surface area contributed by atoms with Crippen molar-refractivity contribution in [2.75, 3.05) is 13.7 Å². The summed E-state index contributed by atoms with van der Waals surface area (Å²) in [6.45, 7) is 1.63. The van der Waals surface area contributed by atoms with Crippen molar-refractivity contribution in [2.45, 2.75) is 25.6 Å². The molecule has 1 aliphatic heterocycles. The van der Waals surface area contributed by atoms with Gasteiger partial charge in [-0.2, -0.15) is 0 Å². The highest BCUT2D eigenvalue weighted by Gasteiger charge is 2.32. The van der Waals surface area contributed by atoms with E-state index in [1.807, 2.05) is 0 Å². The second-order valence-electron chi connectivity index (χ2n) is 4.97. The lowest BCUT2D eigenvalue weighted by Gasteiger charge is -2.18. The van der Waals surface area contributed by atoms with Crippen molar-refractivity contribution in [2.24, 2.45) is 5.92 Å². The Kier molecular flexibility index (Phi) is 4.23. The maximum Gasteiger partial charge on any atom is 0.307 e. The largest absolute Gasteiger partial charge is 0.493 e. The predicted molar refractivity (Wildman–Crippen MR) is 69.0 cm³/mol. The molecule has 0 spiro atoms. The van der Waals surface area contributed by atoms with Crippen LogP contribution in [-0.4, -0.2) is 24.7 Å². The van der Waals surface area contributed by atoms with Gasteiger partial charge in [-0.25, -0.2) is 8.78 Å². The van der Waals surface area contributed by atoms with Gasteiger partial charge in [0.2, 0.25) is 0 Å². The van der Waals surface area contributed by atoms with Gasteiger partial charge in [-0.05, 0) is 31.0 Å². The molecule has 20 heavy (non-hydrogen) atoms. The smallest absolute Gasteiger partial charge is 0.307 e. The van der Waals surface area contributed by atoms with Crippen LogP contribution in [0.1, 0.15) is 36.7 Å². The number of hydrogen-bond donors (Lipinski definition) is 2.